The summed E-state index contributed by atoms with van der Waals surface area (Å²) in [5, 5.41) is 0. The Bertz CT molecular complexity index is 611. The molecule has 0 aliphatic carbocycles. The molecule has 1 saturated heterocycles. The van der Waals surface area contributed by atoms with Crippen LogP contribution >= 0.6 is 0 Å². The highest BCUT2D eigenvalue weighted by Gasteiger charge is 2.14. The van der Waals surface area contributed by atoms with E-state index in [1.54, 1.807) is 0 Å². The molecule has 0 atom stereocenters. The van der Waals surface area contributed by atoms with Crippen molar-refractivity contribution in [2.45, 2.75) is 46.0 Å². The summed E-state index contributed by atoms with van der Waals surface area (Å²) in [5.41, 5.74) is 5.38. The van der Waals surface area contributed by atoms with Gasteiger partial charge in [-0.05, 0) is 76.0 Å². The normalized spacial score (nSPS) is 15.8. The minimum Gasteiger partial charge on any atom is -0.341 e. The van der Waals surface area contributed by atoms with Crippen LogP contribution in [0.2, 0.25) is 0 Å². The Balaban J connectivity index is 1.73. The number of para-hydroxylation sites is 2. The molecule has 3 rings (SSSR count). The number of nitrogens with zero attached hydrogens (tertiary/aromatic N) is 2. The number of hydrogen-bond donors (Lipinski definition) is 0. The van der Waals surface area contributed by atoms with Crippen molar-refractivity contribution in [3.05, 3.63) is 59.7 Å². The van der Waals surface area contributed by atoms with Gasteiger partial charge in [-0.25, -0.2) is 0 Å². The number of anilines is 2. The van der Waals surface area contributed by atoms with Gasteiger partial charge >= 0.3 is 0 Å². The maximum Gasteiger partial charge on any atom is 0.0440 e. The summed E-state index contributed by atoms with van der Waals surface area (Å²) in [6, 6.07) is 17.5. The van der Waals surface area contributed by atoms with Crippen molar-refractivity contribution < 1.29 is 0 Å². The van der Waals surface area contributed by atoms with E-state index in [0.29, 0.717) is 0 Å². The van der Waals surface area contributed by atoms with Crippen LogP contribution in [0, 0.1) is 13.8 Å². The lowest BCUT2D eigenvalue weighted by Gasteiger charge is -2.29. The predicted molar refractivity (Wildman–Crippen MR) is 109 cm³/mol. The molecule has 1 heterocycles. The zero-order valence-corrected chi connectivity index (χ0v) is 15.9. The predicted octanol–water partition coefficient (Wildman–Crippen LogP) is 5.71. The second-order valence-electron chi connectivity index (χ2n) is 7.33. The summed E-state index contributed by atoms with van der Waals surface area (Å²) in [4.78, 5) is 5.18. The summed E-state index contributed by atoms with van der Waals surface area (Å²) in [6.07, 6.45) is 6.78. The summed E-state index contributed by atoms with van der Waals surface area (Å²) >= 11 is 0. The molecule has 2 aromatic carbocycles. The van der Waals surface area contributed by atoms with Crippen LogP contribution in [0.5, 0.6) is 0 Å². The van der Waals surface area contributed by atoms with Crippen LogP contribution in [0.3, 0.4) is 0 Å². The SMILES string of the molecule is Cc1ccccc1N(CCCN1CCCCCC1)c1ccccc1C. The zero-order chi connectivity index (χ0) is 17.5. The van der Waals surface area contributed by atoms with E-state index in [0.717, 1.165) is 6.54 Å². The number of benzene rings is 2. The first-order valence-electron chi connectivity index (χ1n) is 9.87. The average Bonchev–Trinajstić information content (AvgIpc) is 2.89. The Morgan fingerprint density at radius 2 is 1.28 bits per heavy atom. The van der Waals surface area contributed by atoms with E-state index >= 15 is 0 Å². The third-order valence-corrected chi connectivity index (χ3v) is 5.37. The molecule has 134 valence electrons. The van der Waals surface area contributed by atoms with Gasteiger partial charge < -0.3 is 9.80 Å². The highest BCUT2D eigenvalue weighted by atomic mass is 15.2. The summed E-state index contributed by atoms with van der Waals surface area (Å²) < 4.78 is 0. The van der Waals surface area contributed by atoms with Gasteiger partial charge in [-0.1, -0.05) is 49.2 Å². The van der Waals surface area contributed by atoms with E-state index in [1.165, 1.54) is 74.2 Å². The van der Waals surface area contributed by atoms with Gasteiger partial charge in [-0.2, -0.15) is 0 Å². The monoisotopic (exact) mass is 336 g/mol. The molecule has 2 nitrogen and oxygen atoms in total. The van der Waals surface area contributed by atoms with Crippen molar-refractivity contribution in [3.8, 4) is 0 Å². The maximum absolute atomic E-state index is 2.67. The number of aryl methyl sites for hydroxylation is 2. The lowest BCUT2D eigenvalue weighted by molar-refractivity contribution is 0.283. The van der Waals surface area contributed by atoms with Gasteiger partial charge in [0.05, 0.1) is 0 Å². The van der Waals surface area contributed by atoms with Crippen LogP contribution in [-0.4, -0.2) is 31.1 Å². The van der Waals surface area contributed by atoms with Crippen LogP contribution in [0.25, 0.3) is 0 Å². The Labute approximate surface area is 153 Å². The molecule has 2 aromatic rings. The molecule has 0 aromatic heterocycles. The van der Waals surface area contributed by atoms with Gasteiger partial charge in [-0.3, -0.25) is 0 Å². The van der Waals surface area contributed by atoms with Gasteiger partial charge in [0.15, 0.2) is 0 Å². The fourth-order valence-electron chi connectivity index (χ4n) is 3.92. The quantitative estimate of drug-likeness (QED) is 0.667. The standard InChI is InChI=1S/C23H32N2/c1-20-12-5-7-14-22(20)25(23-15-8-6-13-21(23)2)19-11-18-24-16-9-3-4-10-17-24/h5-8,12-15H,3-4,9-11,16-19H2,1-2H3. The van der Waals surface area contributed by atoms with Crippen LogP contribution in [0.4, 0.5) is 11.4 Å². The van der Waals surface area contributed by atoms with Crippen LogP contribution in [0.15, 0.2) is 48.5 Å². The van der Waals surface area contributed by atoms with Crippen molar-refractivity contribution in [3.63, 3.8) is 0 Å². The molecular formula is C23H32N2. The average molecular weight is 337 g/mol. The van der Waals surface area contributed by atoms with E-state index in [1.807, 2.05) is 0 Å². The molecule has 2 heteroatoms. The third-order valence-electron chi connectivity index (χ3n) is 5.37. The van der Waals surface area contributed by atoms with Crippen LogP contribution in [0.1, 0.15) is 43.2 Å². The van der Waals surface area contributed by atoms with E-state index < -0.39 is 0 Å². The Morgan fingerprint density at radius 3 is 1.80 bits per heavy atom. The molecule has 1 fully saturated rings. The van der Waals surface area contributed by atoms with Gasteiger partial charge in [0, 0.05) is 17.9 Å². The van der Waals surface area contributed by atoms with Crippen molar-refractivity contribution in [2.24, 2.45) is 0 Å². The highest BCUT2D eigenvalue weighted by molar-refractivity contribution is 5.68. The molecule has 0 unspecified atom stereocenters. The molecule has 0 spiro atoms. The molecule has 1 aliphatic heterocycles. The molecular weight excluding hydrogens is 304 g/mol. The van der Waals surface area contributed by atoms with Crippen molar-refractivity contribution in [2.75, 3.05) is 31.1 Å². The van der Waals surface area contributed by atoms with Gasteiger partial charge in [0.1, 0.15) is 0 Å². The minimum absolute atomic E-state index is 1.08. The molecule has 0 saturated carbocycles. The largest absolute Gasteiger partial charge is 0.341 e. The molecule has 0 N–H and O–H groups in total. The summed E-state index contributed by atoms with van der Waals surface area (Å²) in [6.45, 7) is 9.30. The van der Waals surface area contributed by atoms with Crippen molar-refractivity contribution >= 4 is 11.4 Å². The van der Waals surface area contributed by atoms with E-state index in [-0.39, 0.29) is 0 Å². The Morgan fingerprint density at radius 1 is 0.760 bits per heavy atom. The fourth-order valence-corrected chi connectivity index (χ4v) is 3.92. The highest BCUT2D eigenvalue weighted by Crippen LogP contribution is 2.30. The smallest absolute Gasteiger partial charge is 0.0440 e. The van der Waals surface area contributed by atoms with E-state index in [4.69, 9.17) is 0 Å². The summed E-state index contributed by atoms with van der Waals surface area (Å²) in [5.74, 6) is 0. The molecule has 25 heavy (non-hydrogen) atoms. The topological polar surface area (TPSA) is 6.48 Å². The first kappa shape index (κ1) is 18.0. The van der Waals surface area contributed by atoms with Crippen LogP contribution < -0.4 is 4.90 Å². The Kier molecular flexibility index (Phi) is 6.52. The fraction of sp³-hybridized carbons (Fsp3) is 0.478. The van der Waals surface area contributed by atoms with Crippen LogP contribution in [-0.2, 0) is 0 Å². The Hall–Kier alpha value is -1.80. The first-order valence-corrected chi connectivity index (χ1v) is 9.87. The van der Waals surface area contributed by atoms with E-state index in [2.05, 4.69) is 72.2 Å². The number of likely N-dealkylation sites (tertiary alicyclic amines) is 1. The van der Waals surface area contributed by atoms with Gasteiger partial charge in [-0.15, -0.1) is 0 Å². The van der Waals surface area contributed by atoms with Crippen molar-refractivity contribution in [1.82, 2.24) is 4.90 Å². The number of hydrogen-bond acceptors (Lipinski definition) is 2. The maximum atomic E-state index is 2.67. The zero-order valence-electron chi connectivity index (χ0n) is 15.9. The third kappa shape index (κ3) is 4.85. The number of rotatable bonds is 6. The van der Waals surface area contributed by atoms with Crippen molar-refractivity contribution in [1.29, 1.82) is 0 Å². The molecule has 0 radical (unpaired) electrons. The molecule has 1 aliphatic rings. The first-order chi connectivity index (χ1) is 12.3. The summed E-state index contributed by atoms with van der Waals surface area (Å²) in [7, 11) is 0. The second kappa shape index (κ2) is 9.05. The second-order valence-corrected chi connectivity index (χ2v) is 7.33. The van der Waals surface area contributed by atoms with E-state index in [9.17, 15) is 0 Å². The molecule has 0 amide bonds. The lowest BCUT2D eigenvalue weighted by atomic mass is 10.1. The van der Waals surface area contributed by atoms with Gasteiger partial charge in [0.2, 0.25) is 0 Å². The minimum atomic E-state index is 1.08. The van der Waals surface area contributed by atoms with Gasteiger partial charge in [0.25, 0.3) is 0 Å². The molecule has 0 bridgehead atoms. The lowest BCUT2D eigenvalue weighted by Crippen LogP contribution is -2.29.